The molecule has 8 nitrogen and oxygen atoms in total. The molecule has 0 aliphatic carbocycles. The summed E-state index contributed by atoms with van der Waals surface area (Å²) in [5.74, 6) is 0.303. The highest BCUT2D eigenvalue weighted by molar-refractivity contribution is 6.30. The van der Waals surface area contributed by atoms with Crippen LogP contribution in [0.3, 0.4) is 0 Å². The third kappa shape index (κ3) is 3.61. The fraction of sp³-hybridized carbons (Fsp3) is 0.238. The number of nitrogens with zero attached hydrogens (tertiary/aromatic N) is 5. The molecule has 0 radical (unpaired) electrons. The van der Waals surface area contributed by atoms with E-state index in [1.165, 1.54) is 4.68 Å². The van der Waals surface area contributed by atoms with Gasteiger partial charge in [-0.25, -0.2) is 9.36 Å². The lowest BCUT2D eigenvalue weighted by Gasteiger charge is -2.11. The number of halogens is 1. The molecule has 0 unspecified atom stereocenters. The largest absolute Gasteiger partial charge is 0.352 e. The summed E-state index contributed by atoms with van der Waals surface area (Å²) in [4.78, 5) is 25.6. The Morgan fingerprint density at radius 1 is 1.13 bits per heavy atom. The second-order valence-electron chi connectivity index (χ2n) is 7.30. The Balaban J connectivity index is 1.96. The number of benzene rings is 1. The molecule has 0 saturated carbocycles. The van der Waals surface area contributed by atoms with Gasteiger partial charge >= 0.3 is 0 Å². The number of hydrogen-bond donors (Lipinski definition) is 1. The zero-order valence-corrected chi connectivity index (χ0v) is 17.6. The van der Waals surface area contributed by atoms with Gasteiger partial charge in [0.05, 0.1) is 11.4 Å². The maximum atomic E-state index is 13.3. The number of carbonyl (C=O) groups excluding carboxylic acids is 1. The Morgan fingerprint density at radius 3 is 2.43 bits per heavy atom. The molecule has 1 amide bonds. The molecule has 4 rings (SSSR count). The van der Waals surface area contributed by atoms with E-state index in [2.05, 4.69) is 15.5 Å². The van der Waals surface area contributed by atoms with E-state index in [-0.39, 0.29) is 24.1 Å². The van der Waals surface area contributed by atoms with Crippen molar-refractivity contribution in [2.75, 3.05) is 0 Å². The van der Waals surface area contributed by atoms with Gasteiger partial charge in [-0.2, -0.15) is 10.2 Å². The standard InChI is InChI=1S/C21H21ClN6O2/c1-13(2)23-17(29)12-27-21(30)18-19(14(3)24-27)25-28(16-8-6-15(22)7-9-16)20(18)26-10-4-5-11-26/h4-11,13H,12H2,1-3H3,(H,23,29). The van der Waals surface area contributed by atoms with Gasteiger partial charge in [0.1, 0.15) is 17.4 Å². The van der Waals surface area contributed by atoms with Gasteiger partial charge in [-0.15, -0.1) is 0 Å². The molecular formula is C21H21ClN6O2. The minimum Gasteiger partial charge on any atom is -0.352 e. The Morgan fingerprint density at radius 2 is 1.80 bits per heavy atom. The molecule has 1 aromatic carbocycles. The normalized spacial score (nSPS) is 11.4. The van der Waals surface area contributed by atoms with Crippen molar-refractivity contribution in [1.82, 2.24) is 29.4 Å². The molecule has 3 aromatic heterocycles. The smallest absolute Gasteiger partial charge is 0.280 e. The second kappa shape index (κ2) is 7.79. The average Bonchev–Trinajstić information content (AvgIpc) is 3.33. The number of nitrogens with one attached hydrogen (secondary N) is 1. The van der Waals surface area contributed by atoms with Gasteiger partial charge in [-0.05, 0) is 57.2 Å². The number of carbonyl (C=O) groups is 1. The molecule has 0 aliphatic rings. The summed E-state index contributed by atoms with van der Waals surface area (Å²) in [5.41, 5.74) is 1.42. The summed E-state index contributed by atoms with van der Waals surface area (Å²) in [6.45, 7) is 5.34. The molecule has 0 bridgehead atoms. The van der Waals surface area contributed by atoms with Crippen molar-refractivity contribution in [3.63, 3.8) is 0 Å². The Hall–Kier alpha value is -3.39. The summed E-state index contributed by atoms with van der Waals surface area (Å²) in [7, 11) is 0. The van der Waals surface area contributed by atoms with Crippen LogP contribution in [0.25, 0.3) is 22.4 Å². The van der Waals surface area contributed by atoms with Gasteiger partial charge in [-0.3, -0.25) is 9.59 Å². The van der Waals surface area contributed by atoms with Crippen molar-refractivity contribution in [2.24, 2.45) is 0 Å². The molecule has 9 heteroatoms. The van der Waals surface area contributed by atoms with Crippen LogP contribution >= 0.6 is 11.6 Å². The number of amides is 1. The third-order valence-corrected chi connectivity index (χ3v) is 4.84. The molecule has 0 spiro atoms. The van der Waals surface area contributed by atoms with Crippen LogP contribution < -0.4 is 10.9 Å². The zero-order valence-electron chi connectivity index (χ0n) is 16.8. The molecule has 0 atom stereocenters. The van der Waals surface area contributed by atoms with E-state index in [1.807, 2.05) is 55.1 Å². The first kappa shape index (κ1) is 19.9. The monoisotopic (exact) mass is 424 g/mol. The third-order valence-electron chi connectivity index (χ3n) is 4.59. The highest BCUT2D eigenvalue weighted by atomic mass is 35.5. The van der Waals surface area contributed by atoms with E-state index >= 15 is 0 Å². The molecule has 4 aromatic rings. The first-order chi connectivity index (χ1) is 14.3. The number of rotatable bonds is 5. The van der Waals surface area contributed by atoms with E-state index in [0.717, 1.165) is 5.69 Å². The summed E-state index contributed by atoms with van der Waals surface area (Å²) in [5, 5.41) is 12.8. The predicted molar refractivity (Wildman–Crippen MR) is 115 cm³/mol. The van der Waals surface area contributed by atoms with Crippen LogP contribution in [0.2, 0.25) is 5.02 Å². The van der Waals surface area contributed by atoms with Crippen LogP contribution in [0.1, 0.15) is 19.5 Å². The van der Waals surface area contributed by atoms with Crippen LogP contribution in [0.4, 0.5) is 0 Å². The Kier molecular flexibility index (Phi) is 5.17. The summed E-state index contributed by atoms with van der Waals surface area (Å²) in [6, 6.07) is 10.9. The summed E-state index contributed by atoms with van der Waals surface area (Å²) >= 11 is 6.04. The van der Waals surface area contributed by atoms with Crippen LogP contribution in [-0.4, -0.2) is 36.1 Å². The number of aryl methyl sites for hydroxylation is 1. The van der Waals surface area contributed by atoms with E-state index in [0.29, 0.717) is 27.4 Å². The lowest BCUT2D eigenvalue weighted by Crippen LogP contribution is -2.37. The predicted octanol–water partition coefficient (Wildman–Crippen LogP) is 2.86. The van der Waals surface area contributed by atoms with Crippen LogP contribution in [0, 0.1) is 6.92 Å². The van der Waals surface area contributed by atoms with Crippen molar-refractivity contribution in [3.05, 3.63) is 69.9 Å². The Bertz CT molecular complexity index is 1270. The molecule has 154 valence electrons. The van der Waals surface area contributed by atoms with E-state index in [1.54, 1.807) is 23.7 Å². The molecule has 0 saturated heterocycles. The van der Waals surface area contributed by atoms with E-state index in [9.17, 15) is 9.59 Å². The van der Waals surface area contributed by atoms with Crippen LogP contribution in [0.5, 0.6) is 0 Å². The summed E-state index contributed by atoms with van der Waals surface area (Å²) < 4.78 is 4.70. The van der Waals surface area contributed by atoms with Crippen molar-refractivity contribution in [1.29, 1.82) is 0 Å². The molecule has 3 heterocycles. The van der Waals surface area contributed by atoms with Gasteiger partial charge < -0.3 is 9.88 Å². The van der Waals surface area contributed by atoms with Crippen LogP contribution in [-0.2, 0) is 11.3 Å². The first-order valence-electron chi connectivity index (χ1n) is 9.54. The molecule has 0 aliphatic heterocycles. The van der Waals surface area contributed by atoms with Gasteiger partial charge in [-0.1, -0.05) is 11.6 Å². The fourth-order valence-corrected chi connectivity index (χ4v) is 3.48. The Labute approximate surface area is 177 Å². The molecule has 1 N–H and O–H groups in total. The van der Waals surface area contributed by atoms with Crippen molar-refractivity contribution < 1.29 is 4.79 Å². The second-order valence-corrected chi connectivity index (χ2v) is 7.73. The number of hydrogen-bond acceptors (Lipinski definition) is 4. The fourth-order valence-electron chi connectivity index (χ4n) is 3.35. The van der Waals surface area contributed by atoms with Crippen molar-refractivity contribution in [2.45, 2.75) is 33.4 Å². The van der Waals surface area contributed by atoms with Gasteiger partial charge in [0.15, 0.2) is 5.82 Å². The highest BCUT2D eigenvalue weighted by Gasteiger charge is 2.22. The summed E-state index contributed by atoms with van der Waals surface area (Å²) in [6.07, 6.45) is 3.68. The SMILES string of the molecule is Cc1nn(CC(=O)NC(C)C)c(=O)c2c(-n3cccc3)n(-c3ccc(Cl)cc3)nc12. The maximum absolute atomic E-state index is 13.3. The van der Waals surface area contributed by atoms with Crippen molar-refractivity contribution in [3.8, 4) is 11.5 Å². The minimum atomic E-state index is -0.376. The number of fused-ring (bicyclic) bond motifs is 1. The topological polar surface area (TPSA) is 86.7 Å². The highest BCUT2D eigenvalue weighted by Crippen LogP contribution is 2.25. The lowest BCUT2D eigenvalue weighted by atomic mass is 10.2. The maximum Gasteiger partial charge on any atom is 0.280 e. The van der Waals surface area contributed by atoms with E-state index in [4.69, 9.17) is 11.6 Å². The van der Waals surface area contributed by atoms with Gasteiger partial charge in [0.25, 0.3) is 5.56 Å². The molecule has 30 heavy (non-hydrogen) atoms. The van der Waals surface area contributed by atoms with Gasteiger partial charge in [0.2, 0.25) is 5.91 Å². The first-order valence-corrected chi connectivity index (χ1v) is 9.92. The average molecular weight is 425 g/mol. The number of aromatic nitrogens is 5. The van der Waals surface area contributed by atoms with Crippen molar-refractivity contribution >= 4 is 28.4 Å². The van der Waals surface area contributed by atoms with Crippen LogP contribution in [0.15, 0.2) is 53.6 Å². The van der Waals surface area contributed by atoms with Gasteiger partial charge in [0, 0.05) is 23.5 Å². The molecule has 0 fully saturated rings. The van der Waals surface area contributed by atoms with E-state index < -0.39 is 0 Å². The minimum absolute atomic E-state index is 0.0267. The molecular weight excluding hydrogens is 404 g/mol. The lowest BCUT2D eigenvalue weighted by molar-refractivity contribution is -0.122. The quantitative estimate of drug-likeness (QED) is 0.533. The zero-order chi connectivity index (χ0) is 21.4.